The number of fused-ring (bicyclic) bond motifs is 1. The molecule has 0 spiro atoms. The van der Waals surface area contributed by atoms with Crippen molar-refractivity contribution >= 4 is 55.9 Å². The van der Waals surface area contributed by atoms with Gasteiger partial charge < -0.3 is 16.0 Å². The lowest BCUT2D eigenvalue weighted by molar-refractivity contribution is -0.137. The highest BCUT2D eigenvalue weighted by Crippen LogP contribution is 2.30. The molecule has 39 heavy (non-hydrogen) atoms. The number of aromatic nitrogens is 1. The van der Waals surface area contributed by atoms with E-state index in [2.05, 4.69) is 26.3 Å². The number of anilines is 3. The summed E-state index contributed by atoms with van der Waals surface area (Å²) in [7, 11) is 0. The summed E-state index contributed by atoms with van der Waals surface area (Å²) in [5.41, 5.74) is 1.32. The van der Waals surface area contributed by atoms with Gasteiger partial charge in [0.15, 0.2) is 5.13 Å². The van der Waals surface area contributed by atoms with Gasteiger partial charge in [-0.1, -0.05) is 23.5 Å². The van der Waals surface area contributed by atoms with Crippen LogP contribution < -0.4 is 21.3 Å². The van der Waals surface area contributed by atoms with Crippen molar-refractivity contribution in [3.05, 3.63) is 82.9 Å². The molecule has 0 unspecified atom stereocenters. The van der Waals surface area contributed by atoms with E-state index in [4.69, 9.17) is 0 Å². The number of carbonyl (C=O) groups excluding carboxylic acids is 3. The van der Waals surface area contributed by atoms with Gasteiger partial charge in [-0.3, -0.25) is 14.9 Å². The van der Waals surface area contributed by atoms with Crippen molar-refractivity contribution in [2.75, 3.05) is 16.0 Å². The molecule has 0 saturated heterocycles. The normalized spacial score (nSPS) is 11.4. The zero-order valence-corrected chi connectivity index (χ0v) is 21.9. The first-order chi connectivity index (χ1) is 18.4. The zero-order chi connectivity index (χ0) is 28.3. The first-order valence-corrected chi connectivity index (χ1v) is 12.6. The quantitative estimate of drug-likeness (QED) is 0.213. The number of benzene rings is 3. The molecule has 0 saturated carbocycles. The van der Waals surface area contributed by atoms with Gasteiger partial charge in [-0.15, -0.1) is 0 Å². The van der Waals surface area contributed by atoms with E-state index < -0.39 is 23.6 Å². The summed E-state index contributed by atoms with van der Waals surface area (Å²) in [5, 5.41) is 11.1. The molecule has 4 rings (SSSR count). The van der Waals surface area contributed by atoms with E-state index in [0.717, 1.165) is 18.2 Å². The van der Waals surface area contributed by atoms with Gasteiger partial charge in [-0.2, -0.15) is 13.2 Å². The van der Waals surface area contributed by atoms with Crippen molar-refractivity contribution in [2.45, 2.75) is 33.0 Å². The maximum Gasteiger partial charge on any atom is 0.416 e. The molecule has 4 aromatic rings. The minimum atomic E-state index is -4.57. The highest BCUT2D eigenvalue weighted by molar-refractivity contribution is 7.22. The van der Waals surface area contributed by atoms with E-state index in [1.54, 1.807) is 37.3 Å². The van der Waals surface area contributed by atoms with Crippen molar-refractivity contribution in [1.29, 1.82) is 0 Å². The third kappa shape index (κ3) is 6.90. The van der Waals surface area contributed by atoms with E-state index in [0.29, 0.717) is 37.8 Å². The Labute approximate surface area is 225 Å². The fraction of sp³-hybridized carbons (Fsp3) is 0.185. The summed E-state index contributed by atoms with van der Waals surface area (Å²) >= 11 is 1.22. The maximum absolute atomic E-state index is 13.0. The number of thiazole rings is 1. The summed E-state index contributed by atoms with van der Waals surface area (Å²) in [6.45, 7) is 5.44. The van der Waals surface area contributed by atoms with Crippen LogP contribution >= 0.6 is 11.3 Å². The second-order valence-electron chi connectivity index (χ2n) is 8.97. The molecule has 12 heteroatoms. The predicted octanol–water partition coefficient (Wildman–Crippen LogP) is 6.66. The smallest absolute Gasteiger partial charge is 0.336 e. The molecule has 0 aliphatic rings. The first-order valence-electron chi connectivity index (χ1n) is 11.8. The van der Waals surface area contributed by atoms with Crippen molar-refractivity contribution in [3.8, 4) is 0 Å². The number of nitrogens with zero attached hydrogens (tertiary/aromatic N) is 1. The Hall–Kier alpha value is -4.45. The van der Waals surface area contributed by atoms with E-state index in [-0.39, 0.29) is 17.6 Å². The Morgan fingerprint density at radius 2 is 1.59 bits per heavy atom. The molecule has 4 amide bonds. The van der Waals surface area contributed by atoms with Crippen LogP contribution in [0.15, 0.2) is 60.7 Å². The van der Waals surface area contributed by atoms with E-state index in [9.17, 15) is 27.6 Å². The molecule has 0 atom stereocenters. The molecular formula is C27H24F3N5O3S. The van der Waals surface area contributed by atoms with Gasteiger partial charge in [0, 0.05) is 28.5 Å². The number of alkyl halides is 3. The zero-order valence-electron chi connectivity index (χ0n) is 21.1. The Morgan fingerprint density at radius 3 is 2.31 bits per heavy atom. The number of carbonyl (C=O) groups is 3. The van der Waals surface area contributed by atoms with E-state index >= 15 is 0 Å². The van der Waals surface area contributed by atoms with Crippen molar-refractivity contribution in [1.82, 2.24) is 10.3 Å². The Morgan fingerprint density at radius 1 is 0.872 bits per heavy atom. The Bertz CT molecular complexity index is 1570. The Balaban J connectivity index is 1.48. The number of halogens is 3. The van der Waals surface area contributed by atoms with Crippen LogP contribution in [0.1, 0.15) is 45.7 Å². The van der Waals surface area contributed by atoms with Crippen molar-refractivity contribution < 1.29 is 27.6 Å². The van der Waals surface area contributed by atoms with Gasteiger partial charge in [-0.25, -0.2) is 9.78 Å². The molecular weight excluding hydrogens is 531 g/mol. The molecule has 0 aliphatic carbocycles. The summed E-state index contributed by atoms with van der Waals surface area (Å²) in [4.78, 5) is 41.9. The van der Waals surface area contributed by atoms with Gasteiger partial charge in [0.1, 0.15) is 0 Å². The highest BCUT2D eigenvalue weighted by Gasteiger charge is 2.31. The van der Waals surface area contributed by atoms with Crippen LogP contribution in [-0.2, 0) is 6.18 Å². The molecule has 3 aromatic carbocycles. The summed E-state index contributed by atoms with van der Waals surface area (Å²) in [6.07, 6.45) is -4.57. The van der Waals surface area contributed by atoms with Crippen LogP contribution in [-0.4, -0.2) is 28.9 Å². The lowest BCUT2D eigenvalue weighted by Gasteiger charge is -2.13. The monoisotopic (exact) mass is 555 g/mol. The van der Waals surface area contributed by atoms with Crippen LogP contribution in [0.4, 0.5) is 34.5 Å². The third-order valence-electron chi connectivity index (χ3n) is 5.49. The lowest BCUT2D eigenvalue weighted by Crippen LogP contribution is -2.34. The average molecular weight is 556 g/mol. The summed E-state index contributed by atoms with van der Waals surface area (Å²) in [5.74, 6) is -1.13. The minimum absolute atomic E-state index is 0.0365. The topological polar surface area (TPSA) is 112 Å². The maximum atomic E-state index is 13.0. The average Bonchev–Trinajstić information content (AvgIpc) is 3.26. The van der Waals surface area contributed by atoms with Gasteiger partial charge >= 0.3 is 12.2 Å². The van der Waals surface area contributed by atoms with Gasteiger partial charge in [0.2, 0.25) is 0 Å². The van der Waals surface area contributed by atoms with Gasteiger partial charge in [0.05, 0.1) is 15.8 Å². The molecule has 0 fully saturated rings. The number of rotatable bonds is 6. The standard InChI is InChI=1S/C27H24F3N5O3S/c1-14(2)31-25(38)35-26-34-20-10-8-17(12-22(20)39-26)24(37)33-21-13-19(9-7-15(21)3)32-23(36)16-5-4-6-18(11-16)27(28,29)30/h4-14H,1-3H3,(H,32,36)(H,33,37)(H2,31,34,35,38). The van der Waals surface area contributed by atoms with E-state index in [1.165, 1.54) is 23.5 Å². The van der Waals surface area contributed by atoms with E-state index in [1.807, 2.05) is 13.8 Å². The number of nitrogens with one attached hydrogen (secondary N) is 4. The largest absolute Gasteiger partial charge is 0.416 e. The number of hydrogen-bond donors (Lipinski definition) is 4. The fourth-order valence-electron chi connectivity index (χ4n) is 3.58. The number of urea groups is 1. The van der Waals surface area contributed by atoms with Crippen LogP contribution in [0.25, 0.3) is 10.2 Å². The lowest BCUT2D eigenvalue weighted by atomic mass is 10.1. The SMILES string of the molecule is Cc1ccc(NC(=O)c2cccc(C(F)(F)F)c2)cc1NC(=O)c1ccc2nc(NC(=O)NC(C)C)sc2c1. The molecule has 1 aromatic heterocycles. The fourth-order valence-corrected chi connectivity index (χ4v) is 4.48. The molecule has 4 N–H and O–H groups in total. The molecule has 202 valence electrons. The first kappa shape index (κ1) is 27.6. The second-order valence-corrected chi connectivity index (χ2v) is 10.0. The summed E-state index contributed by atoms with van der Waals surface area (Å²) < 4.78 is 39.7. The van der Waals surface area contributed by atoms with Gasteiger partial charge in [-0.05, 0) is 74.9 Å². The van der Waals surface area contributed by atoms with Gasteiger partial charge in [0.25, 0.3) is 11.8 Å². The molecule has 0 radical (unpaired) electrons. The number of hydrogen-bond acceptors (Lipinski definition) is 5. The number of amides is 4. The highest BCUT2D eigenvalue weighted by atomic mass is 32.1. The van der Waals surface area contributed by atoms with Crippen LogP contribution in [0.5, 0.6) is 0 Å². The second kappa shape index (κ2) is 11.1. The summed E-state index contributed by atoms with van der Waals surface area (Å²) in [6, 6.07) is 13.4. The minimum Gasteiger partial charge on any atom is -0.336 e. The molecule has 0 aliphatic heterocycles. The predicted molar refractivity (Wildman–Crippen MR) is 145 cm³/mol. The molecule has 8 nitrogen and oxygen atoms in total. The van der Waals surface area contributed by atoms with Crippen molar-refractivity contribution in [2.24, 2.45) is 0 Å². The molecule has 0 bridgehead atoms. The Kier molecular flexibility index (Phi) is 7.86. The van der Waals surface area contributed by atoms with Crippen LogP contribution in [0.3, 0.4) is 0 Å². The van der Waals surface area contributed by atoms with Crippen LogP contribution in [0.2, 0.25) is 0 Å². The third-order valence-corrected chi connectivity index (χ3v) is 6.42. The van der Waals surface area contributed by atoms with Crippen LogP contribution in [0, 0.1) is 6.92 Å². The number of aryl methyl sites for hydroxylation is 1. The molecule has 1 heterocycles. The van der Waals surface area contributed by atoms with Crippen molar-refractivity contribution in [3.63, 3.8) is 0 Å².